The van der Waals surface area contributed by atoms with E-state index in [4.69, 9.17) is 16.3 Å². The summed E-state index contributed by atoms with van der Waals surface area (Å²) in [6, 6.07) is 10.7. The zero-order valence-corrected chi connectivity index (χ0v) is 11.7. The van der Waals surface area contributed by atoms with Crippen molar-refractivity contribution in [2.24, 2.45) is 0 Å². The highest BCUT2D eigenvalue weighted by atomic mass is 35.5. The zero-order valence-electron chi connectivity index (χ0n) is 11.0. The number of hydrogen-bond donors (Lipinski definition) is 0. The summed E-state index contributed by atoms with van der Waals surface area (Å²) < 4.78 is 44.9. The summed E-state index contributed by atoms with van der Waals surface area (Å²) in [5, 5.41) is 0.544. The van der Waals surface area contributed by atoms with Crippen LogP contribution >= 0.6 is 11.6 Å². The van der Waals surface area contributed by atoms with Crippen LogP contribution in [0.1, 0.15) is 29.9 Å². The Hall–Kier alpha value is -1.68. The van der Waals surface area contributed by atoms with Crippen LogP contribution in [0, 0.1) is 0 Å². The maximum atomic E-state index is 13.1. The Balaban J connectivity index is 1.91. The van der Waals surface area contributed by atoms with Crippen LogP contribution in [-0.2, 0) is 6.18 Å². The van der Waals surface area contributed by atoms with Crippen LogP contribution in [-0.4, -0.2) is 0 Å². The maximum absolute atomic E-state index is 13.1. The van der Waals surface area contributed by atoms with E-state index in [9.17, 15) is 13.2 Å². The van der Waals surface area contributed by atoms with Gasteiger partial charge in [0, 0.05) is 5.02 Å². The molecule has 2 aromatic rings. The van der Waals surface area contributed by atoms with Crippen LogP contribution < -0.4 is 4.74 Å². The second-order valence-electron chi connectivity index (χ2n) is 5.08. The molecule has 1 fully saturated rings. The van der Waals surface area contributed by atoms with Crippen molar-refractivity contribution in [2.45, 2.75) is 24.9 Å². The molecule has 110 valence electrons. The lowest BCUT2D eigenvalue weighted by molar-refractivity contribution is -0.138. The average molecular weight is 313 g/mol. The highest BCUT2D eigenvalue weighted by Gasteiger charge is 2.38. The Labute approximate surface area is 125 Å². The number of ether oxygens (including phenoxy) is 1. The van der Waals surface area contributed by atoms with Crippen LogP contribution in [0.3, 0.4) is 0 Å². The summed E-state index contributed by atoms with van der Waals surface area (Å²) in [7, 11) is 0. The monoisotopic (exact) mass is 312 g/mol. The predicted octanol–water partition coefficient (Wildman–Crippen LogP) is 6.03. The largest absolute Gasteiger partial charge is 0.457 e. The minimum absolute atomic E-state index is 0.0335. The minimum atomic E-state index is -4.36. The molecular formula is C16H12ClF3O. The van der Waals surface area contributed by atoms with Crippen molar-refractivity contribution in [3.05, 3.63) is 58.6 Å². The number of halogens is 4. The molecule has 0 radical (unpaired) electrons. The number of rotatable bonds is 3. The first-order chi connectivity index (χ1) is 9.93. The van der Waals surface area contributed by atoms with Crippen LogP contribution in [0.5, 0.6) is 11.5 Å². The van der Waals surface area contributed by atoms with E-state index in [2.05, 4.69) is 0 Å². The molecule has 0 aromatic heterocycles. The fourth-order valence-electron chi connectivity index (χ4n) is 2.23. The molecule has 0 atom stereocenters. The minimum Gasteiger partial charge on any atom is -0.457 e. The normalized spacial score (nSPS) is 15.0. The Bertz CT molecular complexity index is 646. The summed E-state index contributed by atoms with van der Waals surface area (Å²) >= 11 is 5.76. The standard InChI is InChI=1S/C16H12ClF3O/c17-11-3-5-12(6-4-11)21-13-7-8-14(10-1-2-10)15(9-13)16(18,19)20/h3-10H,1-2H2. The predicted molar refractivity (Wildman–Crippen MR) is 74.9 cm³/mol. The molecule has 5 heteroatoms. The Morgan fingerprint density at radius 2 is 1.57 bits per heavy atom. The van der Waals surface area contributed by atoms with Gasteiger partial charge in [0.2, 0.25) is 0 Å². The highest BCUT2D eigenvalue weighted by Crippen LogP contribution is 2.47. The molecule has 0 spiro atoms. The lowest BCUT2D eigenvalue weighted by Gasteiger charge is -2.14. The summed E-state index contributed by atoms with van der Waals surface area (Å²) in [6.45, 7) is 0. The van der Waals surface area contributed by atoms with Gasteiger partial charge in [0.1, 0.15) is 11.5 Å². The lowest BCUT2D eigenvalue weighted by atomic mass is 10.0. The third-order valence-electron chi connectivity index (χ3n) is 3.40. The molecule has 0 unspecified atom stereocenters. The lowest BCUT2D eigenvalue weighted by Crippen LogP contribution is -2.08. The van der Waals surface area contributed by atoms with Gasteiger partial charge >= 0.3 is 6.18 Å². The van der Waals surface area contributed by atoms with Crippen LogP contribution in [0.25, 0.3) is 0 Å². The van der Waals surface area contributed by atoms with E-state index in [1.165, 1.54) is 6.07 Å². The van der Waals surface area contributed by atoms with Crippen LogP contribution in [0.15, 0.2) is 42.5 Å². The van der Waals surface area contributed by atoms with E-state index < -0.39 is 11.7 Å². The third kappa shape index (κ3) is 3.32. The van der Waals surface area contributed by atoms with Gasteiger partial charge in [-0.1, -0.05) is 17.7 Å². The molecular weight excluding hydrogens is 301 g/mol. The molecule has 1 aliphatic carbocycles. The molecule has 0 aliphatic heterocycles. The summed E-state index contributed by atoms with van der Waals surface area (Å²) in [5.41, 5.74) is -0.234. The number of hydrogen-bond acceptors (Lipinski definition) is 1. The molecule has 0 heterocycles. The van der Waals surface area contributed by atoms with Gasteiger partial charge in [-0.25, -0.2) is 0 Å². The molecule has 1 saturated carbocycles. The molecule has 0 bridgehead atoms. The van der Waals surface area contributed by atoms with E-state index in [-0.39, 0.29) is 11.7 Å². The summed E-state index contributed by atoms with van der Waals surface area (Å²) in [5.74, 6) is 0.659. The van der Waals surface area contributed by atoms with Gasteiger partial charge in [0.05, 0.1) is 5.56 Å². The summed E-state index contributed by atoms with van der Waals surface area (Å²) in [4.78, 5) is 0. The van der Waals surface area contributed by atoms with E-state index >= 15 is 0 Å². The third-order valence-corrected chi connectivity index (χ3v) is 3.65. The van der Waals surface area contributed by atoms with E-state index in [0.29, 0.717) is 16.3 Å². The van der Waals surface area contributed by atoms with Gasteiger partial charge in [-0.15, -0.1) is 0 Å². The van der Waals surface area contributed by atoms with Crippen molar-refractivity contribution in [1.29, 1.82) is 0 Å². The molecule has 1 aliphatic rings. The van der Waals surface area contributed by atoms with Gasteiger partial charge in [-0.3, -0.25) is 0 Å². The second kappa shape index (κ2) is 5.26. The van der Waals surface area contributed by atoms with E-state index in [1.807, 2.05) is 0 Å². The van der Waals surface area contributed by atoms with Crippen molar-refractivity contribution in [3.63, 3.8) is 0 Å². The Morgan fingerprint density at radius 1 is 0.952 bits per heavy atom. The van der Waals surface area contributed by atoms with Crippen LogP contribution in [0.2, 0.25) is 5.02 Å². The maximum Gasteiger partial charge on any atom is 0.416 e. The molecule has 2 aromatic carbocycles. The van der Waals surface area contributed by atoms with Crippen molar-refractivity contribution >= 4 is 11.6 Å². The second-order valence-corrected chi connectivity index (χ2v) is 5.51. The average Bonchev–Trinajstić information content (AvgIpc) is 3.25. The molecule has 0 saturated heterocycles. The number of benzene rings is 2. The first-order valence-electron chi connectivity index (χ1n) is 6.58. The fourth-order valence-corrected chi connectivity index (χ4v) is 2.36. The van der Waals surface area contributed by atoms with Crippen molar-refractivity contribution in [3.8, 4) is 11.5 Å². The molecule has 0 amide bonds. The first-order valence-corrected chi connectivity index (χ1v) is 6.96. The number of alkyl halides is 3. The quantitative estimate of drug-likeness (QED) is 0.672. The smallest absolute Gasteiger partial charge is 0.416 e. The van der Waals surface area contributed by atoms with Crippen molar-refractivity contribution < 1.29 is 17.9 Å². The van der Waals surface area contributed by atoms with Gasteiger partial charge in [0.25, 0.3) is 0 Å². The van der Waals surface area contributed by atoms with Gasteiger partial charge < -0.3 is 4.74 Å². The SMILES string of the molecule is FC(F)(F)c1cc(Oc2ccc(Cl)cc2)ccc1C1CC1. The molecule has 1 nitrogen and oxygen atoms in total. The zero-order chi connectivity index (χ0) is 15.0. The Morgan fingerprint density at radius 3 is 2.14 bits per heavy atom. The van der Waals surface area contributed by atoms with Crippen LogP contribution in [0.4, 0.5) is 13.2 Å². The van der Waals surface area contributed by atoms with Gasteiger partial charge in [-0.2, -0.15) is 13.2 Å². The van der Waals surface area contributed by atoms with Gasteiger partial charge in [0.15, 0.2) is 0 Å². The molecule has 0 N–H and O–H groups in total. The van der Waals surface area contributed by atoms with Crippen molar-refractivity contribution in [1.82, 2.24) is 0 Å². The Kier molecular flexibility index (Phi) is 3.57. The summed E-state index contributed by atoms with van der Waals surface area (Å²) in [6.07, 6.45) is -2.72. The van der Waals surface area contributed by atoms with E-state index in [0.717, 1.165) is 18.9 Å². The van der Waals surface area contributed by atoms with Gasteiger partial charge in [-0.05, 0) is 60.7 Å². The van der Waals surface area contributed by atoms with Crippen molar-refractivity contribution in [2.75, 3.05) is 0 Å². The molecule has 3 rings (SSSR count). The fraction of sp³-hybridized carbons (Fsp3) is 0.250. The highest BCUT2D eigenvalue weighted by molar-refractivity contribution is 6.30. The first kappa shape index (κ1) is 14.3. The van der Waals surface area contributed by atoms with E-state index in [1.54, 1.807) is 30.3 Å². The topological polar surface area (TPSA) is 9.23 Å². The molecule has 21 heavy (non-hydrogen) atoms.